The molecule has 0 amide bonds. The number of nitrogen functional groups attached to an aromatic ring is 1. The number of rotatable bonds is 3. The SMILES string of the molecule is CCCc1ccc(NC)c(N)c1. The molecular formula is C10H16N2. The maximum Gasteiger partial charge on any atom is 0.0571 e. The second-order valence-corrected chi connectivity index (χ2v) is 2.92. The number of nitrogens with one attached hydrogen (secondary N) is 1. The van der Waals surface area contributed by atoms with E-state index in [0.717, 1.165) is 17.8 Å². The zero-order valence-electron chi connectivity index (χ0n) is 7.72. The van der Waals surface area contributed by atoms with Gasteiger partial charge in [0, 0.05) is 7.05 Å². The highest BCUT2D eigenvalue weighted by molar-refractivity contribution is 5.66. The van der Waals surface area contributed by atoms with Crippen molar-refractivity contribution in [2.45, 2.75) is 19.8 Å². The van der Waals surface area contributed by atoms with Crippen molar-refractivity contribution in [3.63, 3.8) is 0 Å². The molecule has 0 bridgehead atoms. The Balaban J connectivity index is 2.86. The van der Waals surface area contributed by atoms with E-state index in [1.54, 1.807) is 0 Å². The molecule has 1 rings (SSSR count). The average molecular weight is 164 g/mol. The summed E-state index contributed by atoms with van der Waals surface area (Å²) >= 11 is 0. The molecule has 0 aromatic heterocycles. The lowest BCUT2D eigenvalue weighted by molar-refractivity contribution is 0.922. The van der Waals surface area contributed by atoms with Crippen LogP contribution in [0.15, 0.2) is 18.2 Å². The first kappa shape index (κ1) is 8.91. The Morgan fingerprint density at radius 1 is 1.42 bits per heavy atom. The highest BCUT2D eigenvalue weighted by Gasteiger charge is 1.97. The molecule has 1 aromatic carbocycles. The Bertz CT molecular complexity index is 256. The number of hydrogen-bond donors (Lipinski definition) is 2. The fourth-order valence-electron chi connectivity index (χ4n) is 1.28. The highest BCUT2D eigenvalue weighted by atomic mass is 14.8. The minimum atomic E-state index is 0.837. The van der Waals surface area contributed by atoms with Crippen molar-refractivity contribution in [2.75, 3.05) is 18.1 Å². The third-order valence-electron chi connectivity index (χ3n) is 1.92. The molecule has 3 N–H and O–H groups in total. The van der Waals surface area contributed by atoms with E-state index in [2.05, 4.69) is 18.3 Å². The predicted molar refractivity (Wildman–Crippen MR) is 54.4 cm³/mol. The summed E-state index contributed by atoms with van der Waals surface area (Å²) in [5.41, 5.74) is 8.96. The van der Waals surface area contributed by atoms with Gasteiger partial charge in [0.15, 0.2) is 0 Å². The van der Waals surface area contributed by atoms with Crippen molar-refractivity contribution >= 4 is 11.4 Å². The number of benzene rings is 1. The molecule has 0 fully saturated rings. The first-order valence-electron chi connectivity index (χ1n) is 4.34. The monoisotopic (exact) mass is 164 g/mol. The molecule has 0 atom stereocenters. The fraction of sp³-hybridized carbons (Fsp3) is 0.400. The van der Waals surface area contributed by atoms with E-state index in [-0.39, 0.29) is 0 Å². The topological polar surface area (TPSA) is 38.0 Å². The number of hydrogen-bond acceptors (Lipinski definition) is 2. The van der Waals surface area contributed by atoms with E-state index >= 15 is 0 Å². The van der Waals surface area contributed by atoms with Gasteiger partial charge in [0.05, 0.1) is 11.4 Å². The molecular weight excluding hydrogens is 148 g/mol. The van der Waals surface area contributed by atoms with Crippen LogP contribution < -0.4 is 11.1 Å². The molecule has 0 aliphatic heterocycles. The zero-order valence-corrected chi connectivity index (χ0v) is 7.72. The minimum Gasteiger partial charge on any atom is -0.397 e. The lowest BCUT2D eigenvalue weighted by Crippen LogP contribution is -1.96. The zero-order chi connectivity index (χ0) is 8.97. The van der Waals surface area contributed by atoms with Crippen LogP contribution in [0.1, 0.15) is 18.9 Å². The summed E-state index contributed by atoms with van der Waals surface area (Å²) in [6.45, 7) is 2.17. The van der Waals surface area contributed by atoms with E-state index in [0.29, 0.717) is 0 Å². The van der Waals surface area contributed by atoms with E-state index in [1.807, 2.05) is 19.2 Å². The maximum atomic E-state index is 5.80. The van der Waals surface area contributed by atoms with Gasteiger partial charge in [-0.1, -0.05) is 19.4 Å². The predicted octanol–water partition coefficient (Wildman–Crippen LogP) is 2.26. The Kier molecular flexibility index (Phi) is 2.97. The van der Waals surface area contributed by atoms with Crippen molar-refractivity contribution < 1.29 is 0 Å². The first-order chi connectivity index (χ1) is 5.77. The van der Waals surface area contributed by atoms with Crippen LogP contribution in [0, 0.1) is 0 Å². The van der Waals surface area contributed by atoms with Crippen molar-refractivity contribution in [2.24, 2.45) is 0 Å². The van der Waals surface area contributed by atoms with Crippen molar-refractivity contribution in [1.82, 2.24) is 0 Å². The summed E-state index contributed by atoms with van der Waals surface area (Å²) in [7, 11) is 1.88. The van der Waals surface area contributed by atoms with E-state index in [4.69, 9.17) is 5.73 Å². The molecule has 0 saturated heterocycles. The lowest BCUT2D eigenvalue weighted by atomic mass is 10.1. The van der Waals surface area contributed by atoms with Crippen LogP contribution in [-0.2, 0) is 6.42 Å². The molecule has 66 valence electrons. The quantitative estimate of drug-likeness (QED) is 0.672. The Labute approximate surface area is 73.8 Å². The van der Waals surface area contributed by atoms with Crippen LogP contribution in [0.5, 0.6) is 0 Å². The van der Waals surface area contributed by atoms with Gasteiger partial charge in [0.1, 0.15) is 0 Å². The van der Waals surface area contributed by atoms with E-state index < -0.39 is 0 Å². The summed E-state index contributed by atoms with van der Waals surface area (Å²) in [4.78, 5) is 0. The minimum absolute atomic E-state index is 0.837. The third kappa shape index (κ3) is 1.91. The second kappa shape index (κ2) is 4.00. The molecule has 0 spiro atoms. The summed E-state index contributed by atoms with van der Waals surface area (Å²) < 4.78 is 0. The van der Waals surface area contributed by atoms with E-state index in [9.17, 15) is 0 Å². The second-order valence-electron chi connectivity index (χ2n) is 2.92. The molecule has 0 aliphatic carbocycles. The Morgan fingerprint density at radius 3 is 2.67 bits per heavy atom. The molecule has 0 radical (unpaired) electrons. The largest absolute Gasteiger partial charge is 0.397 e. The molecule has 0 saturated carbocycles. The lowest BCUT2D eigenvalue weighted by Gasteiger charge is -2.06. The summed E-state index contributed by atoms with van der Waals surface area (Å²) in [6.07, 6.45) is 2.27. The molecule has 0 aliphatic rings. The van der Waals surface area contributed by atoms with Crippen LogP contribution in [-0.4, -0.2) is 7.05 Å². The van der Waals surface area contributed by atoms with Gasteiger partial charge in [0.25, 0.3) is 0 Å². The van der Waals surface area contributed by atoms with Gasteiger partial charge in [-0.2, -0.15) is 0 Å². The molecule has 2 nitrogen and oxygen atoms in total. The van der Waals surface area contributed by atoms with Gasteiger partial charge in [0.2, 0.25) is 0 Å². The molecule has 0 heterocycles. The van der Waals surface area contributed by atoms with Gasteiger partial charge in [-0.25, -0.2) is 0 Å². The summed E-state index contributed by atoms with van der Waals surface area (Å²) in [5, 5.41) is 3.04. The van der Waals surface area contributed by atoms with Crippen molar-refractivity contribution in [3.8, 4) is 0 Å². The standard InChI is InChI=1S/C10H16N2/c1-3-4-8-5-6-10(12-2)9(11)7-8/h5-7,12H,3-4,11H2,1-2H3. The van der Waals surface area contributed by atoms with Gasteiger partial charge in [-0.05, 0) is 24.1 Å². The van der Waals surface area contributed by atoms with Crippen LogP contribution in [0.3, 0.4) is 0 Å². The van der Waals surface area contributed by atoms with Gasteiger partial charge in [-0.15, -0.1) is 0 Å². The fourth-order valence-corrected chi connectivity index (χ4v) is 1.28. The normalized spacial score (nSPS) is 9.83. The summed E-state index contributed by atoms with van der Waals surface area (Å²) in [6, 6.07) is 6.18. The van der Waals surface area contributed by atoms with Gasteiger partial charge in [-0.3, -0.25) is 0 Å². The van der Waals surface area contributed by atoms with Crippen LogP contribution in [0.25, 0.3) is 0 Å². The van der Waals surface area contributed by atoms with Crippen molar-refractivity contribution in [3.05, 3.63) is 23.8 Å². The number of aryl methyl sites for hydroxylation is 1. The van der Waals surface area contributed by atoms with Gasteiger partial charge >= 0.3 is 0 Å². The third-order valence-corrected chi connectivity index (χ3v) is 1.92. The molecule has 2 heteroatoms. The number of nitrogens with two attached hydrogens (primary N) is 1. The summed E-state index contributed by atoms with van der Waals surface area (Å²) in [5.74, 6) is 0. The Hall–Kier alpha value is -1.18. The van der Waals surface area contributed by atoms with Crippen LogP contribution >= 0.6 is 0 Å². The first-order valence-corrected chi connectivity index (χ1v) is 4.34. The van der Waals surface area contributed by atoms with Crippen molar-refractivity contribution in [1.29, 1.82) is 0 Å². The average Bonchev–Trinajstić information content (AvgIpc) is 2.05. The maximum absolute atomic E-state index is 5.80. The highest BCUT2D eigenvalue weighted by Crippen LogP contribution is 2.19. The molecule has 1 aromatic rings. The smallest absolute Gasteiger partial charge is 0.0571 e. The number of anilines is 2. The van der Waals surface area contributed by atoms with E-state index in [1.165, 1.54) is 12.0 Å². The van der Waals surface area contributed by atoms with Crippen LogP contribution in [0.2, 0.25) is 0 Å². The van der Waals surface area contributed by atoms with Crippen LogP contribution in [0.4, 0.5) is 11.4 Å². The van der Waals surface area contributed by atoms with Gasteiger partial charge < -0.3 is 11.1 Å². The molecule has 12 heavy (non-hydrogen) atoms. The molecule has 0 unspecified atom stereocenters. The Morgan fingerprint density at radius 2 is 2.17 bits per heavy atom.